The van der Waals surface area contributed by atoms with Gasteiger partial charge in [0.15, 0.2) is 11.5 Å². The number of amides is 1. The fourth-order valence-electron chi connectivity index (χ4n) is 5.00. The molecule has 1 saturated heterocycles. The highest BCUT2D eigenvalue weighted by Crippen LogP contribution is 2.39. The number of pyridine rings is 1. The van der Waals surface area contributed by atoms with Gasteiger partial charge in [-0.2, -0.15) is 0 Å². The van der Waals surface area contributed by atoms with Crippen LogP contribution in [0.1, 0.15) is 34.6 Å². The zero-order valence-electron chi connectivity index (χ0n) is 17.9. The van der Waals surface area contributed by atoms with Crippen LogP contribution in [0.25, 0.3) is 0 Å². The highest BCUT2D eigenvalue weighted by molar-refractivity contribution is 5.95. The lowest BCUT2D eigenvalue weighted by Crippen LogP contribution is -2.42. The number of nitrogens with zero attached hydrogens (tertiary/aromatic N) is 2. The predicted octanol–water partition coefficient (Wildman–Crippen LogP) is 2.76. The standard InChI is InChI=1S/C24H28N2O5/c1-14-3-5-20(15(2)25-14)31-22-11-18-13-26(12-17(18)9-19(22)27)24(28)16-4-6-21-23(10-16)30-8-7-29-21/h3-6,10,17-19,22,27H,7-9,11-13H2,1-2H3/t17-,18+,19+,22+/m0/s1. The summed E-state index contributed by atoms with van der Waals surface area (Å²) >= 11 is 0. The van der Waals surface area contributed by atoms with Crippen LogP contribution in [0.5, 0.6) is 17.2 Å². The monoisotopic (exact) mass is 424 g/mol. The van der Waals surface area contributed by atoms with Crippen LogP contribution in [0.3, 0.4) is 0 Å². The first-order valence-corrected chi connectivity index (χ1v) is 11.0. The minimum absolute atomic E-state index is 0.00286. The van der Waals surface area contributed by atoms with Crippen LogP contribution >= 0.6 is 0 Å². The number of hydrogen-bond acceptors (Lipinski definition) is 6. The summed E-state index contributed by atoms with van der Waals surface area (Å²) in [7, 11) is 0. The number of likely N-dealkylation sites (tertiary alicyclic amines) is 1. The van der Waals surface area contributed by atoms with Crippen molar-refractivity contribution in [3.8, 4) is 17.2 Å². The Morgan fingerprint density at radius 3 is 2.58 bits per heavy atom. The van der Waals surface area contributed by atoms with Gasteiger partial charge in [0.05, 0.1) is 11.8 Å². The molecule has 2 aliphatic heterocycles. The van der Waals surface area contributed by atoms with Crippen molar-refractivity contribution in [2.24, 2.45) is 11.8 Å². The van der Waals surface area contributed by atoms with E-state index in [4.69, 9.17) is 14.2 Å². The van der Waals surface area contributed by atoms with Crippen molar-refractivity contribution in [1.82, 2.24) is 9.88 Å². The Morgan fingerprint density at radius 1 is 1.06 bits per heavy atom. The SMILES string of the molecule is Cc1ccc(O[C@@H]2C[C@@H]3CN(C(=O)c4ccc5c(c4)OCCO5)C[C@@H]3C[C@H]2O)c(C)n1. The fourth-order valence-corrected chi connectivity index (χ4v) is 5.00. The third-order valence-corrected chi connectivity index (χ3v) is 6.62. The minimum Gasteiger partial charge on any atom is -0.486 e. The lowest BCUT2D eigenvalue weighted by Gasteiger charge is -2.35. The lowest BCUT2D eigenvalue weighted by molar-refractivity contribution is -0.0236. The molecule has 1 aromatic heterocycles. The Balaban J connectivity index is 1.26. The molecule has 3 aliphatic rings. The normalized spacial score (nSPS) is 27.0. The number of carbonyl (C=O) groups excluding carboxylic acids is 1. The van der Waals surface area contributed by atoms with Crippen LogP contribution in [0.15, 0.2) is 30.3 Å². The second kappa shape index (κ2) is 8.04. The Labute approximate surface area is 181 Å². The molecule has 164 valence electrons. The molecule has 0 bridgehead atoms. The zero-order valence-corrected chi connectivity index (χ0v) is 17.9. The lowest BCUT2D eigenvalue weighted by atomic mass is 9.78. The van der Waals surface area contributed by atoms with Gasteiger partial charge in [-0.15, -0.1) is 0 Å². The molecule has 0 spiro atoms. The van der Waals surface area contributed by atoms with Gasteiger partial charge in [-0.3, -0.25) is 9.78 Å². The number of hydrogen-bond donors (Lipinski definition) is 1. The van der Waals surface area contributed by atoms with Crippen molar-refractivity contribution in [1.29, 1.82) is 0 Å². The average Bonchev–Trinajstić information content (AvgIpc) is 3.17. The van der Waals surface area contributed by atoms with E-state index in [1.165, 1.54) is 0 Å². The number of benzene rings is 1. The molecule has 0 radical (unpaired) electrons. The molecular formula is C24H28N2O5. The van der Waals surface area contributed by atoms with E-state index in [2.05, 4.69) is 4.98 Å². The van der Waals surface area contributed by atoms with Crippen LogP contribution in [0.4, 0.5) is 0 Å². The summed E-state index contributed by atoms with van der Waals surface area (Å²) in [5, 5.41) is 10.7. The Bertz CT molecular complexity index is 994. The van der Waals surface area contributed by atoms with Gasteiger partial charge >= 0.3 is 0 Å². The summed E-state index contributed by atoms with van der Waals surface area (Å²) in [5.74, 6) is 2.62. The summed E-state index contributed by atoms with van der Waals surface area (Å²) in [5.41, 5.74) is 2.38. The predicted molar refractivity (Wildman–Crippen MR) is 114 cm³/mol. The maximum atomic E-state index is 13.1. The summed E-state index contributed by atoms with van der Waals surface area (Å²) in [6, 6.07) is 9.21. The molecule has 2 aromatic rings. The average molecular weight is 424 g/mol. The zero-order chi connectivity index (χ0) is 21.5. The van der Waals surface area contributed by atoms with Crippen molar-refractivity contribution in [2.45, 2.75) is 38.9 Å². The van der Waals surface area contributed by atoms with Gasteiger partial charge in [0.2, 0.25) is 0 Å². The highest BCUT2D eigenvalue weighted by Gasteiger charge is 2.44. The summed E-state index contributed by atoms with van der Waals surface area (Å²) in [6.45, 7) is 6.22. The third kappa shape index (κ3) is 3.94. The molecule has 1 amide bonds. The quantitative estimate of drug-likeness (QED) is 0.816. The van der Waals surface area contributed by atoms with Gasteiger partial charge in [-0.1, -0.05) is 0 Å². The first kappa shape index (κ1) is 20.1. The Hall–Kier alpha value is -2.80. The van der Waals surface area contributed by atoms with Crippen LogP contribution in [-0.2, 0) is 0 Å². The number of aliphatic hydroxyl groups excluding tert-OH is 1. The molecular weight excluding hydrogens is 396 g/mol. The molecule has 1 aliphatic carbocycles. The largest absolute Gasteiger partial charge is 0.486 e. The molecule has 1 aromatic carbocycles. The van der Waals surface area contributed by atoms with Gasteiger partial charge in [0, 0.05) is 24.3 Å². The molecule has 4 atom stereocenters. The number of aliphatic hydroxyl groups is 1. The summed E-state index contributed by atoms with van der Waals surface area (Å²) in [4.78, 5) is 19.5. The molecule has 3 heterocycles. The first-order chi connectivity index (χ1) is 15.0. The Morgan fingerprint density at radius 2 is 1.81 bits per heavy atom. The van der Waals surface area contributed by atoms with Gasteiger partial charge in [0.1, 0.15) is 25.1 Å². The maximum absolute atomic E-state index is 13.1. The van der Waals surface area contributed by atoms with E-state index in [9.17, 15) is 9.90 Å². The van der Waals surface area contributed by atoms with Crippen molar-refractivity contribution >= 4 is 5.91 Å². The van der Waals surface area contributed by atoms with E-state index in [1.54, 1.807) is 18.2 Å². The molecule has 1 saturated carbocycles. The smallest absolute Gasteiger partial charge is 0.254 e. The summed E-state index contributed by atoms with van der Waals surface area (Å²) in [6.07, 6.45) is 0.531. The van der Waals surface area contributed by atoms with Crippen molar-refractivity contribution in [3.63, 3.8) is 0 Å². The highest BCUT2D eigenvalue weighted by atomic mass is 16.6. The van der Waals surface area contributed by atoms with Gasteiger partial charge < -0.3 is 24.2 Å². The van der Waals surface area contributed by atoms with Gasteiger partial charge in [-0.05, 0) is 68.9 Å². The van der Waals surface area contributed by atoms with Crippen molar-refractivity contribution in [3.05, 3.63) is 47.3 Å². The topological polar surface area (TPSA) is 81.1 Å². The number of aromatic nitrogens is 1. The number of carbonyl (C=O) groups is 1. The molecule has 5 rings (SSSR count). The van der Waals surface area contributed by atoms with E-state index in [0.717, 1.165) is 23.6 Å². The van der Waals surface area contributed by atoms with Crippen LogP contribution in [0, 0.1) is 25.7 Å². The number of rotatable bonds is 3. The summed E-state index contributed by atoms with van der Waals surface area (Å²) < 4.78 is 17.3. The molecule has 1 N–H and O–H groups in total. The molecule has 7 nitrogen and oxygen atoms in total. The fraction of sp³-hybridized carbons (Fsp3) is 0.500. The van der Waals surface area contributed by atoms with Crippen LogP contribution in [0.2, 0.25) is 0 Å². The second-order valence-electron chi connectivity index (χ2n) is 8.82. The number of aryl methyl sites for hydroxylation is 2. The van der Waals surface area contributed by atoms with Gasteiger partial charge in [-0.25, -0.2) is 0 Å². The van der Waals surface area contributed by atoms with Crippen LogP contribution < -0.4 is 14.2 Å². The van der Waals surface area contributed by atoms with Crippen molar-refractivity contribution < 1.29 is 24.1 Å². The molecule has 31 heavy (non-hydrogen) atoms. The second-order valence-corrected chi connectivity index (χ2v) is 8.82. The van der Waals surface area contributed by atoms with Gasteiger partial charge in [0.25, 0.3) is 5.91 Å². The third-order valence-electron chi connectivity index (χ3n) is 6.62. The van der Waals surface area contributed by atoms with E-state index in [1.807, 2.05) is 30.9 Å². The van der Waals surface area contributed by atoms with Crippen molar-refractivity contribution in [2.75, 3.05) is 26.3 Å². The number of ether oxygens (including phenoxy) is 3. The minimum atomic E-state index is -0.550. The van der Waals surface area contributed by atoms with E-state index < -0.39 is 6.10 Å². The van der Waals surface area contributed by atoms with E-state index in [0.29, 0.717) is 55.7 Å². The maximum Gasteiger partial charge on any atom is 0.254 e. The van der Waals surface area contributed by atoms with E-state index in [-0.39, 0.29) is 17.9 Å². The number of fused-ring (bicyclic) bond motifs is 2. The van der Waals surface area contributed by atoms with Crippen LogP contribution in [-0.4, -0.2) is 59.4 Å². The Kier molecular flexibility index (Phi) is 5.22. The molecule has 2 fully saturated rings. The molecule has 0 unspecified atom stereocenters. The first-order valence-electron chi connectivity index (χ1n) is 11.0. The van der Waals surface area contributed by atoms with E-state index >= 15 is 0 Å². The molecule has 7 heteroatoms.